The first-order valence-corrected chi connectivity index (χ1v) is 6.99. The van der Waals surface area contributed by atoms with Gasteiger partial charge in [-0.25, -0.2) is 4.98 Å². The fourth-order valence-corrected chi connectivity index (χ4v) is 2.04. The highest BCUT2D eigenvalue weighted by Gasteiger charge is 2.11. The fraction of sp³-hybridized carbons (Fsp3) is 0.429. The van der Waals surface area contributed by atoms with E-state index in [-0.39, 0.29) is 5.91 Å². The number of anilines is 1. The number of nitrogens with zero attached hydrogens (tertiary/aromatic N) is 4. The van der Waals surface area contributed by atoms with Crippen molar-refractivity contribution in [3.05, 3.63) is 35.5 Å². The SMILES string of the molecule is CCNc1cncc(C(=O)NCc2cn(C)nc2CC)n1. The Morgan fingerprint density at radius 3 is 2.86 bits per heavy atom. The minimum absolute atomic E-state index is 0.242. The van der Waals surface area contributed by atoms with Crippen LogP contribution in [0, 0.1) is 0 Å². The molecule has 0 aromatic carbocycles. The third-order valence-corrected chi connectivity index (χ3v) is 2.99. The van der Waals surface area contributed by atoms with Gasteiger partial charge >= 0.3 is 0 Å². The molecule has 2 aromatic heterocycles. The van der Waals surface area contributed by atoms with Crippen LogP contribution >= 0.6 is 0 Å². The monoisotopic (exact) mass is 288 g/mol. The van der Waals surface area contributed by atoms with E-state index in [1.165, 1.54) is 6.20 Å². The maximum atomic E-state index is 12.1. The molecule has 0 aliphatic carbocycles. The molecule has 2 N–H and O–H groups in total. The number of amides is 1. The Labute approximate surface area is 123 Å². The van der Waals surface area contributed by atoms with Crippen molar-refractivity contribution < 1.29 is 4.79 Å². The number of rotatable bonds is 6. The minimum atomic E-state index is -0.242. The van der Waals surface area contributed by atoms with Crippen molar-refractivity contribution >= 4 is 11.7 Å². The summed E-state index contributed by atoms with van der Waals surface area (Å²) in [5.41, 5.74) is 2.31. The molecule has 0 aliphatic rings. The van der Waals surface area contributed by atoms with Crippen LogP contribution in [0.2, 0.25) is 0 Å². The Kier molecular flexibility index (Phi) is 4.86. The highest BCUT2D eigenvalue weighted by atomic mass is 16.1. The fourth-order valence-electron chi connectivity index (χ4n) is 2.04. The standard InChI is InChI=1S/C14H20N6O/c1-4-11-10(9-20(3)19-11)6-17-14(21)12-7-15-8-13(18-12)16-5-2/h7-9H,4-6H2,1-3H3,(H,16,18)(H,17,21). The lowest BCUT2D eigenvalue weighted by Gasteiger charge is -2.06. The second kappa shape index (κ2) is 6.83. The van der Waals surface area contributed by atoms with Crippen molar-refractivity contribution in [1.82, 2.24) is 25.1 Å². The van der Waals surface area contributed by atoms with Gasteiger partial charge in [0.25, 0.3) is 5.91 Å². The molecule has 0 saturated carbocycles. The maximum absolute atomic E-state index is 12.1. The first-order valence-electron chi connectivity index (χ1n) is 6.99. The zero-order valence-electron chi connectivity index (χ0n) is 12.6. The van der Waals surface area contributed by atoms with E-state index in [2.05, 4.69) is 25.7 Å². The molecular formula is C14H20N6O. The predicted octanol–water partition coefficient (Wildman–Crippen LogP) is 1.13. The Bertz CT molecular complexity index is 622. The molecule has 0 radical (unpaired) electrons. The van der Waals surface area contributed by atoms with Gasteiger partial charge in [0, 0.05) is 31.9 Å². The number of aromatic nitrogens is 4. The van der Waals surface area contributed by atoms with Gasteiger partial charge in [-0.05, 0) is 13.3 Å². The van der Waals surface area contributed by atoms with Crippen molar-refractivity contribution in [1.29, 1.82) is 0 Å². The van der Waals surface area contributed by atoms with E-state index < -0.39 is 0 Å². The first kappa shape index (κ1) is 15.0. The van der Waals surface area contributed by atoms with Crippen LogP contribution in [-0.2, 0) is 20.0 Å². The quantitative estimate of drug-likeness (QED) is 0.832. The Balaban J connectivity index is 2.02. The van der Waals surface area contributed by atoms with E-state index in [0.717, 1.165) is 24.2 Å². The molecule has 112 valence electrons. The Hall–Kier alpha value is -2.44. The zero-order chi connectivity index (χ0) is 15.2. The summed E-state index contributed by atoms with van der Waals surface area (Å²) in [5.74, 6) is 0.355. The molecule has 1 amide bonds. The molecule has 2 rings (SSSR count). The second-order valence-electron chi connectivity index (χ2n) is 4.63. The van der Waals surface area contributed by atoms with Crippen molar-refractivity contribution in [2.45, 2.75) is 26.8 Å². The summed E-state index contributed by atoms with van der Waals surface area (Å²) in [7, 11) is 1.87. The van der Waals surface area contributed by atoms with Gasteiger partial charge in [-0.3, -0.25) is 14.5 Å². The van der Waals surface area contributed by atoms with Gasteiger partial charge in [0.15, 0.2) is 0 Å². The molecule has 2 heterocycles. The molecule has 0 bridgehead atoms. The van der Waals surface area contributed by atoms with E-state index in [1.54, 1.807) is 10.9 Å². The second-order valence-corrected chi connectivity index (χ2v) is 4.63. The zero-order valence-corrected chi connectivity index (χ0v) is 12.6. The number of hydrogen-bond acceptors (Lipinski definition) is 5. The van der Waals surface area contributed by atoms with Crippen molar-refractivity contribution in [2.75, 3.05) is 11.9 Å². The van der Waals surface area contributed by atoms with Gasteiger partial charge in [0.2, 0.25) is 0 Å². The summed E-state index contributed by atoms with van der Waals surface area (Å²) < 4.78 is 1.76. The van der Waals surface area contributed by atoms with Crippen LogP contribution in [0.4, 0.5) is 5.82 Å². The van der Waals surface area contributed by atoms with Crippen molar-refractivity contribution in [2.24, 2.45) is 7.05 Å². The van der Waals surface area contributed by atoms with Gasteiger partial charge < -0.3 is 10.6 Å². The average molecular weight is 288 g/mol. The predicted molar refractivity (Wildman–Crippen MR) is 80.0 cm³/mol. The number of carbonyl (C=O) groups is 1. The Morgan fingerprint density at radius 1 is 1.33 bits per heavy atom. The average Bonchev–Trinajstić information content (AvgIpc) is 2.85. The van der Waals surface area contributed by atoms with Crippen LogP contribution < -0.4 is 10.6 Å². The number of nitrogens with one attached hydrogen (secondary N) is 2. The van der Waals surface area contributed by atoms with Crippen LogP contribution in [0.15, 0.2) is 18.6 Å². The lowest BCUT2D eigenvalue weighted by Crippen LogP contribution is -2.24. The largest absolute Gasteiger partial charge is 0.369 e. The maximum Gasteiger partial charge on any atom is 0.271 e. The van der Waals surface area contributed by atoms with Crippen LogP contribution in [0.25, 0.3) is 0 Å². The topological polar surface area (TPSA) is 84.7 Å². The highest BCUT2D eigenvalue weighted by Crippen LogP contribution is 2.07. The lowest BCUT2D eigenvalue weighted by atomic mass is 10.2. The van der Waals surface area contributed by atoms with Crippen LogP contribution in [0.1, 0.15) is 35.6 Å². The van der Waals surface area contributed by atoms with Crippen molar-refractivity contribution in [3.8, 4) is 0 Å². The van der Waals surface area contributed by atoms with Crippen LogP contribution in [0.3, 0.4) is 0 Å². The normalized spacial score (nSPS) is 10.4. The smallest absolute Gasteiger partial charge is 0.271 e. The van der Waals surface area contributed by atoms with Crippen LogP contribution in [-0.4, -0.2) is 32.2 Å². The van der Waals surface area contributed by atoms with Gasteiger partial charge in [0.1, 0.15) is 11.5 Å². The lowest BCUT2D eigenvalue weighted by molar-refractivity contribution is 0.0945. The molecule has 7 heteroatoms. The van der Waals surface area contributed by atoms with E-state index in [4.69, 9.17) is 0 Å². The van der Waals surface area contributed by atoms with Gasteiger partial charge in [-0.15, -0.1) is 0 Å². The summed E-state index contributed by atoms with van der Waals surface area (Å²) in [6.45, 7) is 5.17. The molecule has 0 atom stereocenters. The van der Waals surface area contributed by atoms with Gasteiger partial charge in [-0.2, -0.15) is 5.10 Å². The molecule has 0 unspecified atom stereocenters. The molecule has 0 saturated heterocycles. The summed E-state index contributed by atoms with van der Waals surface area (Å²) >= 11 is 0. The Morgan fingerprint density at radius 2 is 2.14 bits per heavy atom. The number of carbonyl (C=O) groups excluding carboxylic acids is 1. The molecule has 2 aromatic rings. The number of hydrogen-bond donors (Lipinski definition) is 2. The summed E-state index contributed by atoms with van der Waals surface area (Å²) in [6.07, 6.45) is 5.80. The third kappa shape index (κ3) is 3.77. The van der Waals surface area contributed by atoms with Crippen LogP contribution in [0.5, 0.6) is 0 Å². The van der Waals surface area contributed by atoms with E-state index >= 15 is 0 Å². The summed E-state index contributed by atoms with van der Waals surface area (Å²) in [5, 5.41) is 10.2. The molecule has 7 nitrogen and oxygen atoms in total. The summed E-state index contributed by atoms with van der Waals surface area (Å²) in [6, 6.07) is 0. The molecule has 0 spiro atoms. The van der Waals surface area contributed by atoms with Crippen molar-refractivity contribution in [3.63, 3.8) is 0 Å². The number of aryl methyl sites for hydroxylation is 2. The molecule has 21 heavy (non-hydrogen) atoms. The van der Waals surface area contributed by atoms with Gasteiger partial charge in [-0.1, -0.05) is 6.92 Å². The molecule has 0 aliphatic heterocycles. The third-order valence-electron chi connectivity index (χ3n) is 2.99. The summed E-state index contributed by atoms with van der Waals surface area (Å²) in [4.78, 5) is 20.3. The molecule has 0 fully saturated rings. The van der Waals surface area contributed by atoms with Gasteiger partial charge in [0.05, 0.1) is 18.1 Å². The minimum Gasteiger partial charge on any atom is -0.369 e. The first-order chi connectivity index (χ1) is 10.1. The molecular weight excluding hydrogens is 268 g/mol. The van der Waals surface area contributed by atoms with E-state index in [9.17, 15) is 4.79 Å². The van der Waals surface area contributed by atoms with E-state index in [0.29, 0.717) is 18.1 Å². The van der Waals surface area contributed by atoms with E-state index in [1.807, 2.05) is 27.1 Å². The highest BCUT2D eigenvalue weighted by molar-refractivity contribution is 5.92.